The largest absolute Gasteiger partial charge is 0.573 e. The molecule has 1 aromatic heterocycles. The monoisotopic (exact) mass is 376 g/mol. The number of rotatable bonds is 4. The number of sulfonamides is 1. The van der Waals surface area contributed by atoms with Crippen LogP contribution in [-0.2, 0) is 10.0 Å². The number of hydrogen-bond donors (Lipinski definition) is 0. The molecule has 0 bridgehead atoms. The van der Waals surface area contributed by atoms with Crippen LogP contribution in [0.15, 0.2) is 41.6 Å². The molecule has 1 saturated heterocycles. The van der Waals surface area contributed by atoms with Crippen LogP contribution in [0.4, 0.5) is 13.2 Å². The molecule has 2 aromatic rings. The molecular formula is C14H15F3N4O3S. The van der Waals surface area contributed by atoms with Gasteiger partial charge in [0.25, 0.3) is 0 Å². The lowest BCUT2D eigenvalue weighted by Gasteiger charge is -2.31. The summed E-state index contributed by atoms with van der Waals surface area (Å²) in [5.74, 6) is -0.462. The molecule has 1 fully saturated rings. The van der Waals surface area contributed by atoms with Crippen molar-refractivity contribution in [2.24, 2.45) is 0 Å². The number of alkyl halides is 3. The first-order valence-electron chi connectivity index (χ1n) is 7.47. The average Bonchev–Trinajstić information content (AvgIpc) is 3.08. The maximum absolute atomic E-state index is 12.6. The first-order chi connectivity index (χ1) is 11.8. The van der Waals surface area contributed by atoms with Gasteiger partial charge in [-0.05, 0) is 37.1 Å². The second kappa shape index (κ2) is 6.64. The van der Waals surface area contributed by atoms with E-state index in [9.17, 15) is 21.6 Å². The van der Waals surface area contributed by atoms with Crippen LogP contribution in [0.2, 0.25) is 0 Å². The van der Waals surface area contributed by atoms with Crippen molar-refractivity contribution in [1.29, 1.82) is 0 Å². The van der Waals surface area contributed by atoms with Gasteiger partial charge in [0.05, 0.1) is 17.1 Å². The molecule has 0 spiro atoms. The fraction of sp³-hybridized carbons (Fsp3) is 0.429. The highest BCUT2D eigenvalue weighted by Gasteiger charge is 2.32. The zero-order chi connectivity index (χ0) is 18.1. The molecule has 0 unspecified atom stereocenters. The Labute approximate surface area is 142 Å². The van der Waals surface area contributed by atoms with E-state index in [0.29, 0.717) is 25.9 Å². The number of piperidine rings is 1. The van der Waals surface area contributed by atoms with Crippen LogP contribution < -0.4 is 4.74 Å². The first-order valence-corrected chi connectivity index (χ1v) is 8.91. The lowest BCUT2D eigenvalue weighted by atomic mass is 10.1. The Bertz CT molecular complexity index is 799. The van der Waals surface area contributed by atoms with Crippen molar-refractivity contribution in [2.75, 3.05) is 13.1 Å². The van der Waals surface area contributed by atoms with E-state index >= 15 is 0 Å². The quantitative estimate of drug-likeness (QED) is 0.818. The molecule has 0 N–H and O–H groups in total. The summed E-state index contributed by atoms with van der Waals surface area (Å²) in [6.07, 6.45) is -0.360. The molecular weight excluding hydrogens is 361 g/mol. The fourth-order valence-corrected chi connectivity index (χ4v) is 4.19. The van der Waals surface area contributed by atoms with E-state index < -0.39 is 22.1 Å². The van der Waals surface area contributed by atoms with Crippen LogP contribution >= 0.6 is 0 Å². The molecule has 0 atom stereocenters. The Morgan fingerprint density at radius 1 is 1.12 bits per heavy atom. The van der Waals surface area contributed by atoms with Crippen LogP contribution in [0.3, 0.4) is 0 Å². The van der Waals surface area contributed by atoms with Gasteiger partial charge in [-0.2, -0.15) is 4.31 Å². The third kappa shape index (κ3) is 4.10. The van der Waals surface area contributed by atoms with Gasteiger partial charge in [0.2, 0.25) is 10.0 Å². The molecule has 2 heterocycles. The fourth-order valence-electron chi connectivity index (χ4n) is 2.72. The van der Waals surface area contributed by atoms with E-state index in [2.05, 4.69) is 15.0 Å². The van der Waals surface area contributed by atoms with Gasteiger partial charge in [-0.3, -0.25) is 0 Å². The lowest BCUT2D eigenvalue weighted by molar-refractivity contribution is -0.274. The van der Waals surface area contributed by atoms with Gasteiger partial charge in [0.15, 0.2) is 0 Å². The van der Waals surface area contributed by atoms with Crippen LogP contribution in [0, 0.1) is 0 Å². The molecule has 1 aromatic carbocycles. The van der Waals surface area contributed by atoms with Gasteiger partial charge in [-0.15, -0.1) is 18.3 Å². The highest BCUT2D eigenvalue weighted by Crippen LogP contribution is 2.28. The summed E-state index contributed by atoms with van der Waals surface area (Å²) in [4.78, 5) is -0.0683. The molecule has 0 aliphatic carbocycles. The van der Waals surface area contributed by atoms with Crippen molar-refractivity contribution >= 4 is 10.0 Å². The minimum atomic E-state index is -4.82. The SMILES string of the molecule is O=S(=O)(c1ccc(OC(F)(F)F)cc1)N1CCC(n2ccnn2)CC1. The van der Waals surface area contributed by atoms with E-state index in [4.69, 9.17) is 0 Å². The van der Waals surface area contributed by atoms with E-state index in [0.717, 1.165) is 24.3 Å². The minimum Gasteiger partial charge on any atom is -0.406 e. The van der Waals surface area contributed by atoms with E-state index in [1.54, 1.807) is 17.1 Å². The predicted molar refractivity (Wildman–Crippen MR) is 80.2 cm³/mol. The van der Waals surface area contributed by atoms with Crippen LogP contribution in [0.1, 0.15) is 18.9 Å². The number of nitrogens with zero attached hydrogens (tertiary/aromatic N) is 4. The summed E-state index contributed by atoms with van der Waals surface area (Å²) in [6, 6.07) is 4.28. The van der Waals surface area contributed by atoms with Crippen LogP contribution in [0.25, 0.3) is 0 Å². The third-order valence-electron chi connectivity index (χ3n) is 3.93. The minimum absolute atomic E-state index is 0.0683. The number of halogens is 3. The smallest absolute Gasteiger partial charge is 0.406 e. The zero-order valence-corrected chi connectivity index (χ0v) is 13.7. The summed E-state index contributed by atoms with van der Waals surface area (Å²) in [5.41, 5.74) is 0. The first kappa shape index (κ1) is 17.7. The molecule has 11 heteroatoms. The lowest BCUT2D eigenvalue weighted by Crippen LogP contribution is -2.39. The Balaban J connectivity index is 1.68. The molecule has 136 valence electrons. The van der Waals surface area contributed by atoms with E-state index in [-0.39, 0.29) is 10.9 Å². The maximum atomic E-state index is 12.6. The zero-order valence-electron chi connectivity index (χ0n) is 12.9. The van der Waals surface area contributed by atoms with Crippen molar-refractivity contribution in [3.8, 4) is 5.75 Å². The Morgan fingerprint density at radius 2 is 1.76 bits per heavy atom. The number of aromatic nitrogens is 3. The summed E-state index contributed by atoms with van der Waals surface area (Å²) in [7, 11) is -3.76. The summed E-state index contributed by atoms with van der Waals surface area (Å²) in [6.45, 7) is 0.599. The summed E-state index contributed by atoms with van der Waals surface area (Å²) >= 11 is 0. The predicted octanol–water partition coefficient (Wildman–Crippen LogP) is 2.20. The van der Waals surface area contributed by atoms with Crippen LogP contribution in [-0.4, -0.2) is 47.2 Å². The molecule has 3 rings (SSSR count). The molecule has 7 nitrogen and oxygen atoms in total. The Hall–Kier alpha value is -2.14. The Morgan fingerprint density at radius 3 is 2.28 bits per heavy atom. The molecule has 1 aliphatic heterocycles. The van der Waals surface area contributed by atoms with Gasteiger partial charge >= 0.3 is 6.36 Å². The number of hydrogen-bond acceptors (Lipinski definition) is 5. The van der Waals surface area contributed by atoms with E-state index in [1.165, 1.54) is 4.31 Å². The van der Waals surface area contributed by atoms with Gasteiger partial charge < -0.3 is 4.74 Å². The summed E-state index contributed by atoms with van der Waals surface area (Å²) in [5, 5.41) is 7.65. The number of benzene rings is 1. The maximum Gasteiger partial charge on any atom is 0.573 e. The molecule has 0 saturated carbocycles. The second-order valence-electron chi connectivity index (χ2n) is 5.54. The van der Waals surface area contributed by atoms with Crippen molar-refractivity contribution in [3.63, 3.8) is 0 Å². The van der Waals surface area contributed by atoms with Crippen molar-refractivity contribution in [3.05, 3.63) is 36.7 Å². The highest BCUT2D eigenvalue weighted by atomic mass is 32.2. The van der Waals surface area contributed by atoms with Gasteiger partial charge in [0, 0.05) is 19.3 Å². The second-order valence-corrected chi connectivity index (χ2v) is 7.48. The third-order valence-corrected chi connectivity index (χ3v) is 5.85. The van der Waals surface area contributed by atoms with Gasteiger partial charge in [0.1, 0.15) is 5.75 Å². The Kier molecular flexibility index (Phi) is 4.69. The van der Waals surface area contributed by atoms with Crippen LogP contribution in [0.5, 0.6) is 5.75 Å². The molecule has 0 radical (unpaired) electrons. The van der Waals surface area contributed by atoms with Crippen molar-refractivity contribution in [2.45, 2.75) is 30.1 Å². The van der Waals surface area contributed by atoms with Crippen molar-refractivity contribution < 1.29 is 26.3 Å². The van der Waals surface area contributed by atoms with Gasteiger partial charge in [-0.1, -0.05) is 5.21 Å². The van der Waals surface area contributed by atoms with Crippen molar-refractivity contribution in [1.82, 2.24) is 19.3 Å². The molecule has 25 heavy (non-hydrogen) atoms. The molecule has 0 amide bonds. The normalized spacial score (nSPS) is 17.6. The topological polar surface area (TPSA) is 77.3 Å². The molecule has 1 aliphatic rings. The number of ether oxygens (including phenoxy) is 1. The summed E-state index contributed by atoms with van der Waals surface area (Å²) < 4.78 is 68.5. The van der Waals surface area contributed by atoms with E-state index in [1.807, 2.05) is 0 Å². The standard InChI is InChI=1S/C14H15F3N4O3S/c15-14(16,17)24-12-1-3-13(4-2-12)25(22,23)20-8-5-11(6-9-20)21-10-7-18-19-21/h1-4,7,10-11H,5-6,8-9H2. The van der Waals surface area contributed by atoms with Gasteiger partial charge in [-0.25, -0.2) is 13.1 Å². The highest BCUT2D eigenvalue weighted by molar-refractivity contribution is 7.89. The average molecular weight is 376 g/mol.